The Balaban J connectivity index is 1.87. The van der Waals surface area contributed by atoms with Gasteiger partial charge < -0.3 is 9.47 Å². The molecule has 0 N–H and O–H groups in total. The number of ether oxygens (including phenoxy) is 2. The molecule has 3 nitrogen and oxygen atoms in total. The number of carbonyl (C=O) groups is 1. The van der Waals surface area contributed by atoms with Gasteiger partial charge in [-0.25, -0.2) is 0 Å². The Labute approximate surface area is 129 Å². The molecule has 0 aromatic heterocycles. The van der Waals surface area contributed by atoms with Crippen LogP contribution in [0.1, 0.15) is 25.3 Å². The molecule has 0 bridgehead atoms. The smallest absolute Gasteiger partial charge is 0.173 e. The topological polar surface area (TPSA) is 35.5 Å². The number of fused-ring (bicyclic) bond motifs is 1. The van der Waals surface area contributed by atoms with Gasteiger partial charge in [-0.05, 0) is 30.5 Å². The number of rotatable bonds is 2. The lowest BCUT2D eigenvalue weighted by molar-refractivity contribution is -0.133. The molecule has 4 unspecified atom stereocenters. The summed E-state index contributed by atoms with van der Waals surface area (Å²) >= 11 is 5.90. The fourth-order valence-electron chi connectivity index (χ4n) is 3.42. The second kappa shape index (κ2) is 5.82. The summed E-state index contributed by atoms with van der Waals surface area (Å²) in [6.45, 7) is 2.10. The zero-order chi connectivity index (χ0) is 15.0. The van der Waals surface area contributed by atoms with Crippen molar-refractivity contribution >= 4 is 23.0 Å². The van der Waals surface area contributed by atoms with E-state index < -0.39 is 0 Å². The first-order valence-electron chi connectivity index (χ1n) is 7.30. The SMILES string of the molecule is COC1CCC2C(=O)C(c3ccc(Cl)cc3)=COC2C1C. The number of hydrogen-bond donors (Lipinski definition) is 0. The van der Waals surface area contributed by atoms with Crippen molar-refractivity contribution in [1.82, 2.24) is 0 Å². The van der Waals surface area contributed by atoms with Crippen molar-refractivity contribution in [3.05, 3.63) is 41.1 Å². The lowest BCUT2D eigenvalue weighted by Gasteiger charge is -2.41. The van der Waals surface area contributed by atoms with Crippen LogP contribution in [-0.2, 0) is 14.3 Å². The van der Waals surface area contributed by atoms with Gasteiger partial charge in [0, 0.05) is 18.1 Å². The van der Waals surface area contributed by atoms with Crippen molar-refractivity contribution in [3.63, 3.8) is 0 Å². The maximum absolute atomic E-state index is 12.8. The van der Waals surface area contributed by atoms with Gasteiger partial charge in [-0.3, -0.25) is 4.79 Å². The van der Waals surface area contributed by atoms with Crippen LogP contribution < -0.4 is 0 Å². The zero-order valence-corrected chi connectivity index (χ0v) is 13.0. The number of benzene rings is 1. The fourth-order valence-corrected chi connectivity index (χ4v) is 3.55. The van der Waals surface area contributed by atoms with Crippen molar-refractivity contribution in [2.24, 2.45) is 11.8 Å². The van der Waals surface area contributed by atoms with Gasteiger partial charge in [-0.1, -0.05) is 30.7 Å². The number of Topliss-reactive ketones (excluding diaryl/α,β-unsaturated/α-hetero) is 1. The molecule has 0 spiro atoms. The number of ketones is 1. The van der Waals surface area contributed by atoms with Gasteiger partial charge in [0.1, 0.15) is 6.10 Å². The summed E-state index contributed by atoms with van der Waals surface area (Å²) in [5.41, 5.74) is 1.51. The van der Waals surface area contributed by atoms with Gasteiger partial charge in [-0.15, -0.1) is 0 Å². The van der Waals surface area contributed by atoms with Gasteiger partial charge >= 0.3 is 0 Å². The van der Waals surface area contributed by atoms with Crippen LogP contribution in [0.3, 0.4) is 0 Å². The average Bonchev–Trinajstić information content (AvgIpc) is 2.50. The molecule has 4 atom stereocenters. The molecule has 1 aliphatic carbocycles. The lowest BCUT2D eigenvalue weighted by Crippen LogP contribution is -2.47. The molecule has 3 rings (SSSR count). The van der Waals surface area contributed by atoms with Crippen molar-refractivity contribution in [1.29, 1.82) is 0 Å². The van der Waals surface area contributed by atoms with E-state index in [9.17, 15) is 4.79 Å². The van der Waals surface area contributed by atoms with Crippen LogP contribution in [0, 0.1) is 11.8 Å². The first kappa shape index (κ1) is 14.6. The molecule has 1 aliphatic heterocycles. The summed E-state index contributed by atoms with van der Waals surface area (Å²) in [6, 6.07) is 7.31. The number of hydrogen-bond acceptors (Lipinski definition) is 3. The summed E-state index contributed by atoms with van der Waals surface area (Å²) in [6.07, 6.45) is 3.43. The summed E-state index contributed by atoms with van der Waals surface area (Å²) in [7, 11) is 1.72. The number of allylic oxidation sites excluding steroid dienone is 1. The summed E-state index contributed by atoms with van der Waals surface area (Å²) in [5.74, 6) is 0.331. The monoisotopic (exact) mass is 306 g/mol. The van der Waals surface area contributed by atoms with E-state index in [1.165, 1.54) is 0 Å². The molecule has 4 heteroatoms. The Bertz CT molecular complexity index is 564. The van der Waals surface area contributed by atoms with Gasteiger partial charge in [0.05, 0.1) is 23.9 Å². The van der Waals surface area contributed by atoms with Crippen molar-refractivity contribution in [2.75, 3.05) is 7.11 Å². The molecule has 1 fully saturated rings. The van der Waals surface area contributed by atoms with Gasteiger partial charge in [-0.2, -0.15) is 0 Å². The van der Waals surface area contributed by atoms with Crippen molar-refractivity contribution < 1.29 is 14.3 Å². The zero-order valence-electron chi connectivity index (χ0n) is 12.2. The Morgan fingerprint density at radius 2 is 1.95 bits per heavy atom. The van der Waals surface area contributed by atoms with E-state index >= 15 is 0 Å². The maximum atomic E-state index is 12.8. The minimum absolute atomic E-state index is 0.0675. The van der Waals surface area contributed by atoms with E-state index in [2.05, 4.69) is 6.92 Å². The number of methoxy groups -OCH3 is 1. The normalized spacial score (nSPS) is 32.1. The van der Waals surface area contributed by atoms with Gasteiger partial charge in [0.15, 0.2) is 5.78 Å². The quantitative estimate of drug-likeness (QED) is 0.835. The molecular formula is C17H19ClO3. The minimum Gasteiger partial charge on any atom is -0.496 e. The van der Waals surface area contributed by atoms with Crippen LogP contribution in [0.2, 0.25) is 5.02 Å². The summed E-state index contributed by atoms with van der Waals surface area (Å²) in [4.78, 5) is 12.8. The second-order valence-corrected chi connectivity index (χ2v) is 6.26. The third-order valence-corrected chi connectivity index (χ3v) is 4.92. The largest absolute Gasteiger partial charge is 0.496 e. The third-order valence-electron chi connectivity index (χ3n) is 4.67. The molecule has 0 saturated heterocycles. The summed E-state index contributed by atoms with van der Waals surface area (Å²) in [5, 5.41) is 0.663. The van der Waals surface area contributed by atoms with Crippen molar-refractivity contribution in [3.8, 4) is 0 Å². The molecule has 0 radical (unpaired) electrons. The first-order valence-corrected chi connectivity index (χ1v) is 7.68. The van der Waals surface area contributed by atoms with Gasteiger partial charge in [0.25, 0.3) is 0 Å². The summed E-state index contributed by atoms with van der Waals surface area (Å²) < 4.78 is 11.4. The van der Waals surface area contributed by atoms with E-state index in [-0.39, 0.29) is 29.8 Å². The standard InChI is InChI=1S/C17H19ClO3/c1-10-15(20-2)8-7-13-16(19)14(9-21-17(10)13)11-3-5-12(18)6-4-11/h3-6,9-10,13,15,17H,7-8H2,1-2H3. The van der Waals surface area contributed by atoms with E-state index in [1.54, 1.807) is 25.5 Å². The highest BCUT2D eigenvalue weighted by Gasteiger charge is 2.44. The second-order valence-electron chi connectivity index (χ2n) is 5.82. The highest BCUT2D eigenvalue weighted by atomic mass is 35.5. The number of carbonyl (C=O) groups excluding carboxylic acids is 1. The fraction of sp³-hybridized carbons (Fsp3) is 0.471. The van der Waals surface area contributed by atoms with E-state index in [1.807, 2.05) is 12.1 Å². The highest BCUT2D eigenvalue weighted by Crippen LogP contribution is 2.39. The first-order chi connectivity index (χ1) is 10.1. The molecule has 1 heterocycles. The Morgan fingerprint density at radius 1 is 1.24 bits per heavy atom. The molecule has 21 heavy (non-hydrogen) atoms. The minimum atomic E-state index is -0.0766. The van der Waals surface area contributed by atoms with Gasteiger partial charge in [0.2, 0.25) is 0 Å². The lowest BCUT2D eigenvalue weighted by atomic mass is 9.73. The number of halogens is 1. The van der Waals surface area contributed by atoms with E-state index in [4.69, 9.17) is 21.1 Å². The maximum Gasteiger partial charge on any atom is 0.173 e. The van der Waals surface area contributed by atoms with E-state index in [0.29, 0.717) is 10.6 Å². The van der Waals surface area contributed by atoms with Crippen LogP contribution in [0.25, 0.3) is 5.57 Å². The average molecular weight is 307 g/mol. The molecule has 1 saturated carbocycles. The molecule has 0 amide bonds. The van der Waals surface area contributed by atoms with E-state index in [0.717, 1.165) is 18.4 Å². The third kappa shape index (κ3) is 2.60. The Morgan fingerprint density at radius 3 is 2.62 bits per heavy atom. The predicted molar refractivity (Wildman–Crippen MR) is 82.0 cm³/mol. The predicted octanol–water partition coefficient (Wildman–Crippen LogP) is 3.71. The van der Waals surface area contributed by atoms with Crippen LogP contribution in [0.4, 0.5) is 0 Å². The molecule has 112 valence electrons. The van der Waals surface area contributed by atoms with Crippen LogP contribution in [0.5, 0.6) is 0 Å². The molecule has 1 aromatic rings. The Hall–Kier alpha value is -1.32. The highest BCUT2D eigenvalue weighted by molar-refractivity contribution is 6.30. The molecular weight excluding hydrogens is 288 g/mol. The molecule has 1 aromatic carbocycles. The van der Waals surface area contributed by atoms with Crippen molar-refractivity contribution in [2.45, 2.75) is 32.0 Å². The molecule has 2 aliphatic rings. The van der Waals surface area contributed by atoms with Crippen LogP contribution in [0.15, 0.2) is 30.5 Å². The van der Waals surface area contributed by atoms with Crippen LogP contribution in [-0.4, -0.2) is 25.1 Å². The van der Waals surface area contributed by atoms with Crippen LogP contribution >= 0.6 is 11.6 Å². The Kier molecular flexibility index (Phi) is 4.05.